The molecule has 1 aliphatic rings. The first-order chi connectivity index (χ1) is 13.0. The number of amides is 1. The smallest absolute Gasteiger partial charge is 0.355 e. The molecule has 0 spiro atoms. The van der Waals surface area contributed by atoms with E-state index in [0.29, 0.717) is 17.0 Å². The van der Waals surface area contributed by atoms with Crippen LogP contribution in [0, 0.1) is 0 Å². The number of ether oxygens (including phenoxy) is 3. The highest BCUT2D eigenvalue weighted by Crippen LogP contribution is 2.34. The Labute approximate surface area is 156 Å². The Bertz CT molecular complexity index is 854. The van der Waals surface area contributed by atoms with E-state index < -0.39 is 11.9 Å². The normalized spacial score (nSPS) is 13.1. The third kappa shape index (κ3) is 4.00. The van der Waals surface area contributed by atoms with Crippen molar-refractivity contribution in [2.75, 3.05) is 33.3 Å². The number of carbonyl (C=O) groups is 3. The van der Waals surface area contributed by atoms with E-state index in [1.54, 1.807) is 36.6 Å². The van der Waals surface area contributed by atoms with Crippen molar-refractivity contribution in [3.63, 3.8) is 0 Å². The average Bonchev–Trinajstić information content (AvgIpc) is 2.94. The second-order valence-electron chi connectivity index (χ2n) is 5.28. The molecule has 1 amide bonds. The molecular weight excluding hydrogens is 352 g/mol. The molecule has 0 atom stereocenters. The van der Waals surface area contributed by atoms with Crippen molar-refractivity contribution in [2.45, 2.75) is 0 Å². The van der Waals surface area contributed by atoms with Gasteiger partial charge < -0.3 is 24.4 Å². The number of hydrogen-bond donors (Lipinski definition) is 1. The van der Waals surface area contributed by atoms with Gasteiger partial charge in [-0.15, -0.1) is 0 Å². The number of anilines is 1. The number of carbonyl (C=O) groups excluding carboxylic acids is 3. The van der Waals surface area contributed by atoms with Crippen LogP contribution in [0.5, 0.6) is 5.75 Å². The van der Waals surface area contributed by atoms with Crippen LogP contribution in [0.3, 0.4) is 0 Å². The maximum atomic E-state index is 12.5. The zero-order chi connectivity index (χ0) is 20.0. The molecule has 8 nitrogen and oxygen atoms in total. The van der Waals surface area contributed by atoms with Gasteiger partial charge in [-0.1, -0.05) is 6.08 Å². The molecule has 1 N–H and O–H groups in total. The summed E-state index contributed by atoms with van der Waals surface area (Å²) in [6, 6.07) is 4.73. The summed E-state index contributed by atoms with van der Waals surface area (Å²) in [5.41, 5.74) is 0.659. The van der Waals surface area contributed by atoms with Gasteiger partial charge in [-0.25, -0.2) is 9.59 Å². The van der Waals surface area contributed by atoms with E-state index >= 15 is 0 Å². The van der Waals surface area contributed by atoms with E-state index in [-0.39, 0.29) is 17.2 Å². The van der Waals surface area contributed by atoms with Crippen LogP contribution in [0.15, 0.2) is 53.9 Å². The monoisotopic (exact) mass is 372 g/mol. The third-order valence-corrected chi connectivity index (χ3v) is 3.82. The number of benzene rings is 1. The average molecular weight is 372 g/mol. The Hall–Kier alpha value is -3.55. The van der Waals surface area contributed by atoms with Crippen LogP contribution < -0.4 is 15.0 Å². The number of methoxy groups -OCH3 is 3. The predicted molar refractivity (Wildman–Crippen MR) is 98.2 cm³/mol. The van der Waals surface area contributed by atoms with Crippen molar-refractivity contribution in [2.24, 2.45) is 0 Å². The minimum absolute atomic E-state index is 0.00162. The molecule has 0 fully saturated rings. The van der Waals surface area contributed by atoms with E-state index in [9.17, 15) is 14.4 Å². The van der Waals surface area contributed by atoms with Crippen LogP contribution in [0.1, 0.15) is 10.4 Å². The summed E-state index contributed by atoms with van der Waals surface area (Å²) in [7, 11) is 5.39. The van der Waals surface area contributed by atoms with Crippen molar-refractivity contribution in [1.29, 1.82) is 0 Å². The highest BCUT2D eigenvalue weighted by Gasteiger charge is 2.29. The molecule has 1 heterocycles. The van der Waals surface area contributed by atoms with Gasteiger partial charge in [0.2, 0.25) is 0 Å². The molecule has 0 aliphatic carbocycles. The first kappa shape index (κ1) is 19.8. The fraction of sp³-hybridized carbons (Fsp3) is 0.211. The molecule has 2 rings (SSSR count). The van der Waals surface area contributed by atoms with Gasteiger partial charge in [0, 0.05) is 18.8 Å². The highest BCUT2D eigenvalue weighted by atomic mass is 16.5. The molecule has 142 valence electrons. The summed E-state index contributed by atoms with van der Waals surface area (Å²) in [6.07, 6.45) is 6.23. The van der Waals surface area contributed by atoms with E-state index in [1.165, 1.54) is 39.4 Å². The minimum atomic E-state index is -0.751. The lowest BCUT2D eigenvalue weighted by Crippen LogP contribution is -2.27. The van der Waals surface area contributed by atoms with Crippen molar-refractivity contribution in [1.82, 2.24) is 5.32 Å². The molecular formula is C19H20N2O6. The maximum Gasteiger partial charge on any atom is 0.355 e. The first-order valence-corrected chi connectivity index (χ1v) is 7.93. The van der Waals surface area contributed by atoms with Gasteiger partial charge in [-0.3, -0.25) is 4.79 Å². The van der Waals surface area contributed by atoms with Gasteiger partial charge in [0.15, 0.2) is 0 Å². The molecule has 8 heteroatoms. The second kappa shape index (κ2) is 8.70. The van der Waals surface area contributed by atoms with Gasteiger partial charge in [0.1, 0.15) is 11.4 Å². The summed E-state index contributed by atoms with van der Waals surface area (Å²) >= 11 is 0. The Kier molecular flexibility index (Phi) is 6.37. The Morgan fingerprint density at radius 3 is 2.30 bits per heavy atom. The number of rotatable bonds is 5. The summed E-state index contributed by atoms with van der Waals surface area (Å²) in [4.78, 5) is 38.2. The van der Waals surface area contributed by atoms with Crippen LogP contribution in [0.2, 0.25) is 0 Å². The molecule has 0 saturated heterocycles. The van der Waals surface area contributed by atoms with E-state index in [2.05, 4.69) is 5.32 Å². The van der Waals surface area contributed by atoms with Crippen molar-refractivity contribution in [3.8, 4) is 5.75 Å². The SMILES string of the molecule is CNC(=O)c1ccc(OC)c(N2C=CC=CC(C(=O)OC)=C2C(=O)OC)c1. The molecule has 0 unspecified atom stereocenters. The number of nitrogens with zero attached hydrogens (tertiary/aromatic N) is 1. The Morgan fingerprint density at radius 2 is 1.70 bits per heavy atom. The summed E-state index contributed by atoms with van der Waals surface area (Å²) in [6.45, 7) is 0. The van der Waals surface area contributed by atoms with E-state index in [1.807, 2.05) is 0 Å². The topological polar surface area (TPSA) is 94.2 Å². The van der Waals surface area contributed by atoms with E-state index in [4.69, 9.17) is 14.2 Å². The van der Waals surface area contributed by atoms with Crippen molar-refractivity contribution in [3.05, 3.63) is 59.5 Å². The third-order valence-electron chi connectivity index (χ3n) is 3.82. The summed E-state index contributed by atoms with van der Waals surface area (Å²) < 4.78 is 15.0. The molecule has 1 aliphatic heterocycles. The molecule has 27 heavy (non-hydrogen) atoms. The fourth-order valence-corrected chi connectivity index (χ4v) is 2.52. The molecule has 1 aromatic carbocycles. The second-order valence-corrected chi connectivity index (χ2v) is 5.28. The zero-order valence-corrected chi connectivity index (χ0v) is 15.4. The number of allylic oxidation sites excluding steroid dienone is 2. The van der Waals surface area contributed by atoms with Gasteiger partial charge >= 0.3 is 11.9 Å². The molecule has 0 bridgehead atoms. The lowest BCUT2D eigenvalue weighted by Gasteiger charge is -2.25. The quantitative estimate of drug-likeness (QED) is 0.784. The standard InChI is InChI=1S/C19H20N2O6/c1-20-17(22)12-8-9-15(25-2)14(11-12)21-10-6-5-7-13(18(23)26-3)16(21)19(24)27-4/h5-11H,1-4H3,(H,20,22). The van der Waals surface area contributed by atoms with Crippen LogP contribution >= 0.6 is 0 Å². The molecule has 0 radical (unpaired) electrons. The summed E-state index contributed by atoms with van der Waals surface area (Å²) in [5, 5.41) is 2.54. The number of esters is 2. The van der Waals surface area contributed by atoms with Crippen molar-refractivity contribution < 1.29 is 28.6 Å². The molecule has 1 aromatic rings. The van der Waals surface area contributed by atoms with Crippen LogP contribution in [0.25, 0.3) is 0 Å². The van der Waals surface area contributed by atoms with Crippen LogP contribution in [-0.4, -0.2) is 46.2 Å². The van der Waals surface area contributed by atoms with Gasteiger partial charge in [0.25, 0.3) is 5.91 Å². The highest BCUT2D eigenvalue weighted by molar-refractivity contribution is 6.06. The largest absolute Gasteiger partial charge is 0.495 e. The maximum absolute atomic E-state index is 12.5. The fourth-order valence-electron chi connectivity index (χ4n) is 2.52. The van der Waals surface area contributed by atoms with E-state index in [0.717, 1.165) is 0 Å². The molecule has 0 saturated carbocycles. The molecule has 0 aromatic heterocycles. The lowest BCUT2D eigenvalue weighted by molar-refractivity contribution is -0.139. The van der Waals surface area contributed by atoms with Crippen molar-refractivity contribution >= 4 is 23.5 Å². The minimum Gasteiger partial charge on any atom is -0.495 e. The van der Waals surface area contributed by atoms with Crippen LogP contribution in [0.4, 0.5) is 5.69 Å². The van der Waals surface area contributed by atoms with Gasteiger partial charge in [0.05, 0.1) is 32.6 Å². The van der Waals surface area contributed by atoms with Gasteiger partial charge in [-0.05, 0) is 30.4 Å². The van der Waals surface area contributed by atoms with Gasteiger partial charge in [-0.2, -0.15) is 0 Å². The zero-order valence-electron chi connectivity index (χ0n) is 15.4. The predicted octanol–water partition coefficient (Wildman–Crippen LogP) is 1.54. The number of nitrogens with one attached hydrogen (secondary N) is 1. The number of hydrogen-bond acceptors (Lipinski definition) is 7. The Balaban J connectivity index is 2.75. The first-order valence-electron chi connectivity index (χ1n) is 7.93. The lowest BCUT2D eigenvalue weighted by atomic mass is 10.1. The summed E-state index contributed by atoms with van der Waals surface area (Å²) in [5.74, 6) is -1.38. The van der Waals surface area contributed by atoms with Crippen LogP contribution in [-0.2, 0) is 19.1 Å². The Morgan fingerprint density at radius 1 is 1.00 bits per heavy atom.